The number of likely N-dealkylation sites (N-methyl/N-ethyl adjacent to an activating group) is 2. The van der Waals surface area contributed by atoms with E-state index in [1.165, 1.54) is 103 Å². The Hall–Kier alpha value is -1.18. The van der Waals surface area contributed by atoms with E-state index in [1.807, 2.05) is 0 Å². The van der Waals surface area contributed by atoms with Gasteiger partial charge in [0.05, 0.1) is 54.4 Å². The molecule has 0 fully saturated rings. The topological polar surface area (TPSA) is 78.4 Å². The lowest BCUT2D eigenvalue weighted by Crippen LogP contribution is -2.55. The van der Waals surface area contributed by atoms with E-state index < -0.39 is 6.10 Å². The van der Waals surface area contributed by atoms with Gasteiger partial charge in [-0.05, 0) is 12.8 Å². The van der Waals surface area contributed by atoms with Crippen molar-refractivity contribution in [2.45, 2.75) is 161 Å². The van der Waals surface area contributed by atoms with Crippen molar-refractivity contribution in [1.82, 2.24) is 10.6 Å². The molecule has 0 radical (unpaired) electrons. The number of nitrogens with zero attached hydrogens (tertiary/aromatic N) is 2. The zero-order valence-electron chi connectivity index (χ0n) is 30.5. The van der Waals surface area contributed by atoms with Crippen molar-refractivity contribution in [3.63, 3.8) is 0 Å². The van der Waals surface area contributed by atoms with Crippen molar-refractivity contribution in [3.05, 3.63) is 0 Å². The maximum Gasteiger partial charge on any atom is 0.220 e. The number of amides is 2. The Kier molecular flexibility index (Phi) is 27.3. The maximum atomic E-state index is 12.3. The first-order valence-corrected chi connectivity index (χ1v) is 18.9. The summed E-state index contributed by atoms with van der Waals surface area (Å²) < 4.78 is 1.32. The first-order chi connectivity index (χ1) is 21.0. The quantitative estimate of drug-likeness (QED) is 0.0540. The van der Waals surface area contributed by atoms with Gasteiger partial charge in [-0.25, -0.2) is 0 Å². The molecule has 0 spiro atoms. The summed E-state index contributed by atoms with van der Waals surface area (Å²) in [6, 6.07) is 0. The number of quaternary nitrogens is 2. The van der Waals surface area contributed by atoms with Gasteiger partial charge in [0.15, 0.2) is 6.10 Å². The highest BCUT2D eigenvalue weighted by Crippen LogP contribution is 2.13. The lowest BCUT2D eigenvalue weighted by atomic mass is 10.1. The third kappa shape index (κ3) is 29.5. The number of carbonyl (C=O) groups excluding carboxylic acids is 2. The van der Waals surface area contributed by atoms with Crippen LogP contribution in [0.2, 0.25) is 0 Å². The summed E-state index contributed by atoms with van der Waals surface area (Å²) in [5.74, 6) is 0.302. The fraction of sp³-hybridized carbons (Fsp3) is 0.946. The van der Waals surface area contributed by atoms with Crippen LogP contribution in [0.1, 0.15) is 155 Å². The molecule has 262 valence electrons. The summed E-state index contributed by atoms with van der Waals surface area (Å²) in [4.78, 5) is 24.5. The number of hydrogen-bond acceptors (Lipinski definition) is 3. The molecular formula is C37H78N4O3+2. The second kappa shape index (κ2) is 28.1. The summed E-state index contributed by atoms with van der Waals surface area (Å²) >= 11 is 0. The van der Waals surface area contributed by atoms with Gasteiger partial charge in [0.1, 0.15) is 13.1 Å². The Bertz CT molecular complexity index is 628. The van der Waals surface area contributed by atoms with Gasteiger partial charge in [-0.3, -0.25) is 9.59 Å². The first kappa shape index (κ1) is 42.8. The molecule has 7 nitrogen and oxygen atoms in total. The number of hydrogen-bond donors (Lipinski definition) is 3. The minimum atomic E-state index is -0.440. The smallest absolute Gasteiger partial charge is 0.220 e. The van der Waals surface area contributed by atoms with Crippen LogP contribution in [0.4, 0.5) is 0 Å². The van der Waals surface area contributed by atoms with Gasteiger partial charge < -0.3 is 24.7 Å². The molecule has 3 N–H and O–H groups in total. The van der Waals surface area contributed by atoms with Crippen molar-refractivity contribution in [2.75, 3.05) is 67.5 Å². The number of aliphatic hydroxyl groups is 1. The fourth-order valence-electron chi connectivity index (χ4n) is 6.10. The van der Waals surface area contributed by atoms with Crippen LogP contribution in [0, 0.1) is 0 Å². The first-order valence-electron chi connectivity index (χ1n) is 18.9. The van der Waals surface area contributed by atoms with Crippen LogP contribution in [-0.4, -0.2) is 99.5 Å². The predicted molar refractivity (Wildman–Crippen MR) is 189 cm³/mol. The Labute approximate surface area is 274 Å². The van der Waals surface area contributed by atoms with Gasteiger partial charge in [0.25, 0.3) is 0 Å². The van der Waals surface area contributed by atoms with Crippen molar-refractivity contribution in [2.24, 2.45) is 0 Å². The fourth-order valence-corrected chi connectivity index (χ4v) is 6.10. The molecule has 0 rings (SSSR count). The summed E-state index contributed by atoms with van der Waals surface area (Å²) in [6.45, 7) is 8.66. The normalized spacial score (nSPS) is 12.2. The summed E-state index contributed by atoms with van der Waals surface area (Å²) in [5.41, 5.74) is 0. The third-order valence-corrected chi connectivity index (χ3v) is 9.00. The van der Waals surface area contributed by atoms with Crippen molar-refractivity contribution >= 4 is 11.8 Å². The molecule has 0 aromatic rings. The molecule has 0 atom stereocenters. The molecule has 0 aliphatic rings. The van der Waals surface area contributed by atoms with E-state index in [0.717, 1.165) is 38.8 Å². The SMILES string of the molecule is CCCCCCCCCCCCC(=O)NCC[N+](C)(C)CC(O)C[N+](C)(C)CCNC(=O)CCCCCCCCCCCC. The Morgan fingerprint density at radius 3 is 1.07 bits per heavy atom. The van der Waals surface area contributed by atoms with E-state index in [9.17, 15) is 14.7 Å². The minimum absolute atomic E-state index is 0.151. The largest absolute Gasteiger partial charge is 0.382 e. The second-order valence-corrected chi connectivity index (χ2v) is 14.9. The van der Waals surface area contributed by atoms with Gasteiger partial charge in [-0.2, -0.15) is 0 Å². The number of rotatable bonds is 32. The molecular weight excluding hydrogens is 548 g/mol. The molecule has 0 aromatic carbocycles. The minimum Gasteiger partial charge on any atom is -0.382 e. The van der Waals surface area contributed by atoms with Crippen LogP contribution in [0.3, 0.4) is 0 Å². The molecule has 2 amide bonds. The molecule has 0 aromatic heterocycles. The lowest BCUT2D eigenvalue weighted by molar-refractivity contribution is -0.913. The Morgan fingerprint density at radius 2 is 0.773 bits per heavy atom. The highest BCUT2D eigenvalue weighted by molar-refractivity contribution is 5.76. The number of unbranched alkanes of at least 4 members (excludes halogenated alkanes) is 18. The highest BCUT2D eigenvalue weighted by atomic mass is 16.3. The molecule has 7 heteroatoms. The van der Waals surface area contributed by atoms with E-state index in [-0.39, 0.29) is 11.8 Å². The molecule has 0 unspecified atom stereocenters. The standard InChI is InChI=1S/C37H76N4O3/c1-7-9-11-13-15-17-19-21-23-25-27-36(43)38-29-31-40(3,4)33-35(42)34-41(5,6)32-30-39-37(44)28-26-24-22-20-18-16-14-12-10-8-2/h35,42H,7-34H2,1-6H3/p+2. The van der Waals surface area contributed by atoms with Crippen LogP contribution >= 0.6 is 0 Å². The highest BCUT2D eigenvalue weighted by Gasteiger charge is 2.27. The van der Waals surface area contributed by atoms with Gasteiger partial charge in [-0.1, -0.05) is 129 Å². The van der Waals surface area contributed by atoms with E-state index in [2.05, 4.69) is 52.7 Å². The second-order valence-electron chi connectivity index (χ2n) is 14.9. The molecule has 0 bridgehead atoms. The van der Waals surface area contributed by atoms with Gasteiger partial charge in [0, 0.05) is 12.8 Å². The number of nitrogens with one attached hydrogen (secondary N) is 2. The van der Waals surface area contributed by atoms with Gasteiger partial charge in [-0.15, -0.1) is 0 Å². The van der Waals surface area contributed by atoms with E-state index in [0.29, 0.717) is 48.0 Å². The Morgan fingerprint density at radius 1 is 0.500 bits per heavy atom. The molecule has 0 heterocycles. The summed E-state index contributed by atoms with van der Waals surface area (Å²) in [7, 11) is 8.47. The van der Waals surface area contributed by atoms with Crippen LogP contribution in [0.5, 0.6) is 0 Å². The Balaban J connectivity index is 3.89. The van der Waals surface area contributed by atoms with Crippen LogP contribution in [-0.2, 0) is 9.59 Å². The van der Waals surface area contributed by atoms with Crippen LogP contribution in [0.15, 0.2) is 0 Å². The lowest BCUT2D eigenvalue weighted by Gasteiger charge is -2.36. The zero-order valence-corrected chi connectivity index (χ0v) is 30.5. The zero-order chi connectivity index (χ0) is 32.9. The van der Waals surface area contributed by atoms with Crippen LogP contribution < -0.4 is 10.6 Å². The number of aliphatic hydroxyl groups excluding tert-OH is 1. The molecule has 44 heavy (non-hydrogen) atoms. The van der Waals surface area contributed by atoms with Crippen LogP contribution in [0.25, 0.3) is 0 Å². The molecule has 0 aliphatic heterocycles. The van der Waals surface area contributed by atoms with E-state index >= 15 is 0 Å². The number of carbonyl (C=O) groups is 2. The maximum absolute atomic E-state index is 12.3. The molecule has 0 saturated carbocycles. The van der Waals surface area contributed by atoms with Crippen molar-refractivity contribution in [1.29, 1.82) is 0 Å². The predicted octanol–water partition coefficient (Wildman–Crippen LogP) is 7.35. The third-order valence-electron chi connectivity index (χ3n) is 9.00. The van der Waals surface area contributed by atoms with E-state index in [4.69, 9.17) is 0 Å². The monoisotopic (exact) mass is 627 g/mol. The average Bonchev–Trinajstić information content (AvgIpc) is 2.94. The van der Waals surface area contributed by atoms with Gasteiger partial charge in [0.2, 0.25) is 11.8 Å². The summed E-state index contributed by atoms with van der Waals surface area (Å²) in [6.07, 6.45) is 26.4. The molecule has 0 aliphatic carbocycles. The van der Waals surface area contributed by atoms with Crippen molar-refractivity contribution < 1.29 is 23.7 Å². The van der Waals surface area contributed by atoms with E-state index in [1.54, 1.807) is 0 Å². The van der Waals surface area contributed by atoms with Gasteiger partial charge >= 0.3 is 0 Å². The average molecular weight is 627 g/mol. The summed E-state index contributed by atoms with van der Waals surface area (Å²) in [5, 5.41) is 17.0. The molecule has 0 saturated heterocycles. The van der Waals surface area contributed by atoms with Crippen molar-refractivity contribution in [3.8, 4) is 0 Å².